The molecule has 1 aromatic heterocycles. The van der Waals surface area contributed by atoms with Gasteiger partial charge in [-0.2, -0.15) is 0 Å². The van der Waals surface area contributed by atoms with Crippen molar-refractivity contribution in [1.29, 1.82) is 0 Å². The number of benzene rings is 3. The average Bonchev–Trinajstić information content (AvgIpc) is 3.22. The van der Waals surface area contributed by atoms with Gasteiger partial charge in [-0.05, 0) is 60.9 Å². The predicted octanol–water partition coefficient (Wildman–Crippen LogP) is 5.42. The van der Waals surface area contributed by atoms with Crippen molar-refractivity contribution >= 4 is 22.5 Å². The van der Waals surface area contributed by atoms with Gasteiger partial charge in [-0.25, -0.2) is 0 Å². The van der Waals surface area contributed by atoms with E-state index in [0.717, 1.165) is 34.6 Å². The normalized spacial score (nSPS) is 15.4. The molecule has 5 rings (SSSR count). The lowest BCUT2D eigenvalue weighted by Gasteiger charge is -2.36. The second-order valence-electron chi connectivity index (χ2n) is 8.66. The summed E-state index contributed by atoms with van der Waals surface area (Å²) in [6, 6.07) is 24.1. The number of carbonyl (C=O) groups is 1. The first-order valence-electron chi connectivity index (χ1n) is 11.5. The third kappa shape index (κ3) is 3.84. The number of ether oxygens (including phenoxy) is 1. The minimum atomic E-state index is -0.211. The van der Waals surface area contributed by atoms with Crippen LogP contribution >= 0.6 is 0 Å². The number of para-hydroxylation sites is 1. The second-order valence-corrected chi connectivity index (χ2v) is 8.66. The molecule has 5 heteroatoms. The molecule has 0 aliphatic carbocycles. The number of amides is 1. The summed E-state index contributed by atoms with van der Waals surface area (Å²) in [5.41, 5.74) is 6.26. The molecule has 3 aromatic carbocycles. The summed E-state index contributed by atoms with van der Waals surface area (Å²) in [4.78, 5) is 21.5. The highest BCUT2D eigenvalue weighted by molar-refractivity contribution is 5.96. The number of carbonyl (C=O) groups excluding carboxylic acids is 1. The molecule has 0 unspecified atom stereocenters. The van der Waals surface area contributed by atoms with Crippen molar-refractivity contribution in [2.75, 3.05) is 32.1 Å². The SMILES string of the molecule is CCOc1cccc([C@@H]2c3[nH]c4ccccc4c3CCN2C(=O)c2cccc(N(C)C)c2)c1. The van der Waals surface area contributed by atoms with Gasteiger partial charge in [0.1, 0.15) is 5.75 Å². The van der Waals surface area contributed by atoms with Crippen LogP contribution in [0.3, 0.4) is 0 Å². The topological polar surface area (TPSA) is 48.6 Å². The van der Waals surface area contributed by atoms with Crippen LogP contribution < -0.4 is 9.64 Å². The van der Waals surface area contributed by atoms with Crippen LogP contribution in [0.15, 0.2) is 72.8 Å². The zero-order valence-corrected chi connectivity index (χ0v) is 19.3. The number of hydrogen-bond donors (Lipinski definition) is 1. The van der Waals surface area contributed by atoms with Gasteiger partial charge in [-0.1, -0.05) is 36.4 Å². The van der Waals surface area contributed by atoms with Crippen molar-refractivity contribution in [1.82, 2.24) is 9.88 Å². The van der Waals surface area contributed by atoms with E-state index in [9.17, 15) is 4.79 Å². The van der Waals surface area contributed by atoms with Crippen molar-refractivity contribution in [3.63, 3.8) is 0 Å². The van der Waals surface area contributed by atoms with E-state index in [1.165, 1.54) is 10.9 Å². The summed E-state index contributed by atoms with van der Waals surface area (Å²) in [5, 5.41) is 1.24. The molecule has 1 atom stereocenters. The molecule has 0 spiro atoms. The zero-order valence-electron chi connectivity index (χ0n) is 19.3. The summed E-state index contributed by atoms with van der Waals surface area (Å²) < 4.78 is 5.79. The van der Waals surface area contributed by atoms with E-state index in [0.29, 0.717) is 18.7 Å². The highest BCUT2D eigenvalue weighted by Crippen LogP contribution is 2.40. The number of nitrogens with zero attached hydrogens (tertiary/aromatic N) is 2. The van der Waals surface area contributed by atoms with Gasteiger partial charge in [0.25, 0.3) is 5.91 Å². The van der Waals surface area contributed by atoms with Crippen LogP contribution in [0.25, 0.3) is 10.9 Å². The first-order chi connectivity index (χ1) is 16.1. The fourth-order valence-corrected chi connectivity index (χ4v) is 4.83. The van der Waals surface area contributed by atoms with Crippen LogP contribution in [-0.4, -0.2) is 43.0 Å². The highest BCUT2D eigenvalue weighted by atomic mass is 16.5. The Morgan fingerprint density at radius 3 is 2.70 bits per heavy atom. The van der Waals surface area contributed by atoms with Gasteiger partial charge in [-0.15, -0.1) is 0 Å². The number of rotatable bonds is 5. The molecular formula is C28H29N3O2. The minimum absolute atomic E-state index is 0.0369. The van der Waals surface area contributed by atoms with Gasteiger partial charge in [0, 0.05) is 48.5 Å². The molecule has 0 saturated carbocycles. The first-order valence-corrected chi connectivity index (χ1v) is 11.5. The van der Waals surface area contributed by atoms with Gasteiger partial charge in [-0.3, -0.25) is 4.79 Å². The highest BCUT2D eigenvalue weighted by Gasteiger charge is 2.35. The average molecular weight is 440 g/mol. The summed E-state index contributed by atoms with van der Waals surface area (Å²) >= 11 is 0. The fraction of sp³-hybridized carbons (Fsp3) is 0.250. The van der Waals surface area contributed by atoms with E-state index in [1.54, 1.807) is 0 Å². The lowest BCUT2D eigenvalue weighted by atomic mass is 9.91. The summed E-state index contributed by atoms with van der Waals surface area (Å²) in [6.07, 6.45) is 0.820. The number of nitrogens with one attached hydrogen (secondary N) is 1. The molecule has 4 aromatic rings. The zero-order chi connectivity index (χ0) is 22.9. The molecule has 1 aliphatic rings. The second kappa shape index (κ2) is 8.66. The monoisotopic (exact) mass is 439 g/mol. The van der Waals surface area contributed by atoms with E-state index in [2.05, 4.69) is 35.3 Å². The maximum absolute atomic E-state index is 13.9. The number of H-pyrrole nitrogens is 1. The fourth-order valence-electron chi connectivity index (χ4n) is 4.83. The number of fused-ring (bicyclic) bond motifs is 3. The molecule has 1 amide bonds. The number of aromatic amines is 1. The summed E-state index contributed by atoms with van der Waals surface area (Å²) in [5.74, 6) is 0.857. The lowest BCUT2D eigenvalue weighted by molar-refractivity contribution is 0.0691. The quantitative estimate of drug-likeness (QED) is 0.452. The third-order valence-corrected chi connectivity index (χ3v) is 6.39. The molecule has 0 saturated heterocycles. The van der Waals surface area contributed by atoms with E-state index < -0.39 is 0 Å². The Labute approximate surface area is 194 Å². The van der Waals surface area contributed by atoms with Gasteiger partial charge in [0.15, 0.2) is 0 Å². The first kappa shape index (κ1) is 21.1. The minimum Gasteiger partial charge on any atom is -0.494 e. The van der Waals surface area contributed by atoms with Crippen LogP contribution in [0.2, 0.25) is 0 Å². The number of anilines is 1. The molecule has 0 fully saturated rings. The Kier molecular flexibility index (Phi) is 5.55. The standard InChI is InChI=1S/C28H29N3O2/c1-4-33-22-12-8-9-19(18-22)27-26-24(23-13-5-6-14-25(23)29-26)15-16-31(27)28(32)20-10-7-11-21(17-20)30(2)3/h5-14,17-18,27,29H,4,15-16H2,1-3H3/t27-/m1/s1. The molecule has 0 bridgehead atoms. The van der Waals surface area contributed by atoms with E-state index >= 15 is 0 Å². The van der Waals surface area contributed by atoms with Crippen molar-refractivity contribution in [3.05, 3.63) is 95.2 Å². The third-order valence-electron chi connectivity index (χ3n) is 6.39. The number of hydrogen-bond acceptors (Lipinski definition) is 3. The largest absolute Gasteiger partial charge is 0.494 e. The van der Waals surface area contributed by atoms with Gasteiger partial charge in [0.05, 0.1) is 12.6 Å². The maximum atomic E-state index is 13.9. The molecule has 168 valence electrons. The summed E-state index contributed by atoms with van der Waals surface area (Å²) in [6.45, 7) is 3.24. The molecule has 0 radical (unpaired) electrons. The van der Waals surface area contributed by atoms with Crippen molar-refractivity contribution in [2.45, 2.75) is 19.4 Å². The van der Waals surface area contributed by atoms with Gasteiger partial charge >= 0.3 is 0 Å². The van der Waals surface area contributed by atoms with E-state index in [1.807, 2.05) is 73.3 Å². The molecule has 2 heterocycles. The lowest BCUT2D eigenvalue weighted by Crippen LogP contribution is -2.40. The summed E-state index contributed by atoms with van der Waals surface area (Å²) in [7, 11) is 3.98. The van der Waals surface area contributed by atoms with Crippen LogP contribution in [0.4, 0.5) is 5.69 Å². The van der Waals surface area contributed by atoms with Crippen LogP contribution in [0, 0.1) is 0 Å². The molecule has 5 nitrogen and oxygen atoms in total. The smallest absolute Gasteiger partial charge is 0.254 e. The number of aromatic nitrogens is 1. The Hall–Kier alpha value is -3.73. The Bertz CT molecular complexity index is 1310. The van der Waals surface area contributed by atoms with Crippen molar-refractivity contribution in [2.24, 2.45) is 0 Å². The Balaban J connectivity index is 1.63. The molecule has 1 aliphatic heterocycles. The van der Waals surface area contributed by atoms with Gasteiger partial charge in [0.2, 0.25) is 0 Å². The molecule has 1 N–H and O–H groups in total. The van der Waals surface area contributed by atoms with Crippen LogP contribution in [0.5, 0.6) is 5.75 Å². The van der Waals surface area contributed by atoms with Gasteiger partial charge < -0.3 is 19.5 Å². The van der Waals surface area contributed by atoms with E-state index in [4.69, 9.17) is 4.74 Å². The Morgan fingerprint density at radius 1 is 1.06 bits per heavy atom. The Morgan fingerprint density at radius 2 is 1.88 bits per heavy atom. The molecular weight excluding hydrogens is 410 g/mol. The van der Waals surface area contributed by atoms with Crippen molar-refractivity contribution < 1.29 is 9.53 Å². The van der Waals surface area contributed by atoms with Crippen molar-refractivity contribution in [3.8, 4) is 5.75 Å². The molecule has 33 heavy (non-hydrogen) atoms. The van der Waals surface area contributed by atoms with Crippen LogP contribution in [-0.2, 0) is 6.42 Å². The predicted molar refractivity (Wildman–Crippen MR) is 133 cm³/mol. The van der Waals surface area contributed by atoms with E-state index in [-0.39, 0.29) is 11.9 Å². The maximum Gasteiger partial charge on any atom is 0.254 e. The van der Waals surface area contributed by atoms with Crippen LogP contribution in [0.1, 0.15) is 40.1 Å².